The van der Waals surface area contributed by atoms with Gasteiger partial charge in [0.05, 0.1) is 21.2 Å². The van der Waals surface area contributed by atoms with Crippen LogP contribution in [-0.2, 0) is 14.8 Å². The van der Waals surface area contributed by atoms with E-state index in [4.69, 9.17) is 23.2 Å². The molecule has 0 radical (unpaired) electrons. The highest BCUT2D eigenvalue weighted by Gasteiger charge is 2.32. The van der Waals surface area contributed by atoms with Crippen molar-refractivity contribution in [3.63, 3.8) is 0 Å². The van der Waals surface area contributed by atoms with Gasteiger partial charge in [0.2, 0.25) is 15.9 Å². The molecule has 29 heavy (non-hydrogen) atoms. The van der Waals surface area contributed by atoms with Crippen LogP contribution in [0.15, 0.2) is 52.5 Å². The van der Waals surface area contributed by atoms with Crippen molar-refractivity contribution in [1.29, 1.82) is 0 Å². The summed E-state index contributed by atoms with van der Waals surface area (Å²) >= 11 is 12.0. The van der Waals surface area contributed by atoms with Gasteiger partial charge in [0.15, 0.2) is 0 Å². The Balaban J connectivity index is 1.56. The second-order valence-corrected chi connectivity index (χ2v) is 9.23. The molecule has 2 aromatic carbocycles. The summed E-state index contributed by atoms with van der Waals surface area (Å²) in [4.78, 5) is 12.3. The topological polar surface area (TPSA) is 78.8 Å². The van der Waals surface area contributed by atoms with Crippen molar-refractivity contribution in [2.75, 3.05) is 13.1 Å². The number of nitrogens with zero attached hydrogens (tertiary/aromatic N) is 2. The number of carbonyl (C=O) groups is 1. The first kappa shape index (κ1) is 21.7. The summed E-state index contributed by atoms with van der Waals surface area (Å²) in [5.74, 6) is -1.15. The van der Waals surface area contributed by atoms with Crippen LogP contribution in [0.4, 0.5) is 4.39 Å². The lowest BCUT2D eigenvalue weighted by molar-refractivity contribution is -0.126. The molecule has 1 N–H and O–H groups in total. The Labute approximate surface area is 178 Å². The molecule has 0 aromatic heterocycles. The predicted molar refractivity (Wildman–Crippen MR) is 110 cm³/mol. The first-order chi connectivity index (χ1) is 13.8. The minimum atomic E-state index is -3.71. The van der Waals surface area contributed by atoms with Gasteiger partial charge < -0.3 is 0 Å². The van der Waals surface area contributed by atoms with Gasteiger partial charge in [-0.3, -0.25) is 4.79 Å². The number of benzene rings is 2. The van der Waals surface area contributed by atoms with E-state index < -0.39 is 15.8 Å². The summed E-state index contributed by atoms with van der Waals surface area (Å²) < 4.78 is 39.6. The third kappa shape index (κ3) is 5.14. The van der Waals surface area contributed by atoms with Crippen LogP contribution in [0, 0.1) is 11.7 Å². The van der Waals surface area contributed by atoms with E-state index in [2.05, 4.69) is 10.5 Å². The second-order valence-electron chi connectivity index (χ2n) is 6.51. The Bertz CT molecular complexity index is 1020. The van der Waals surface area contributed by atoms with Gasteiger partial charge in [-0.05, 0) is 43.2 Å². The molecule has 6 nitrogen and oxygen atoms in total. The summed E-state index contributed by atoms with van der Waals surface area (Å²) in [5.41, 5.74) is 3.03. The normalized spacial score (nSPS) is 16.2. The van der Waals surface area contributed by atoms with E-state index in [9.17, 15) is 17.6 Å². The van der Waals surface area contributed by atoms with Crippen molar-refractivity contribution in [1.82, 2.24) is 9.73 Å². The van der Waals surface area contributed by atoms with Crippen LogP contribution in [0.2, 0.25) is 10.0 Å². The lowest BCUT2D eigenvalue weighted by Crippen LogP contribution is -2.42. The van der Waals surface area contributed by atoms with E-state index in [-0.39, 0.29) is 29.8 Å². The zero-order valence-electron chi connectivity index (χ0n) is 15.2. The summed E-state index contributed by atoms with van der Waals surface area (Å²) in [5, 5.41) is 4.63. The maximum absolute atomic E-state index is 13.0. The number of piperidine rings is 1. The second kappa shape index (κ2) is 9.21. The molecule has 0 atom stereocenters. The molecule has 3 rings (SSSR count). The smallest absolute Gasteiger partial charge is 0.243 e. The van der Waals surface area contributed by atoms with E-state index >= 15 is 0 Å². The van der Waals surface area contributed by atoms with Gasteiger partial charge in [0, 0.05) is 24.6 Å². The zero-order chi connectivity index (χ0) is 21.0. The van der Waals surface area contributed by atoms with Crippen LogP contribution >= 0.6 is 23.2 Å². The monoisotopic (exact) mass is 457 g/mol. The van der Waals surface area contributed by atoms with E-state index in [1.165, 1.54) is 22.7 Å². The Kier molecular flexibility index (Phi) is 6.89. The molecular weight excluding hydrogens is 440 g/mol. The molecule has 1 saturated heterocycles. The highest BCUT2D eigenvalue weighted by Crippen LogP contribution is 2.25. The molecule has 0 unspecified atom stereocenters. The van der Waals surface area contributed by atoms with Crippen molar-refractivity contribution in [2.24, 2.45) is 11.0 Å². The minimum absolute atomic E-state index is 0.0322. The van der Waals surface area contributed by atoms with E-state index in [1.54, 1.807) is 18.2 Å². The maximum Gasteiger partial charge on any atom is 0.243 e. The first-order valence-corrected chi connectivity index (χ1v) is 11.0. The SMILES string of the molecule is O=C(N/N=C\c1cccc(Cl)c1Cl)C1CCN(S(=O)(=O)c2ccc(F)cc2)CC1. The molecule has 0 saturated carbocycles. The van der Waals surface area contributed by atoms with Gasteiger partial charge in [0.25, 0.3) is 0 Å². The fourth-order valence-corrected chi connectivity index (χ4v) is 4.82. The average Bonchev–Trinajstić information content (AvgIpc) is 2.71. The van der Waals surface area contributed by atoms with Crippen LogP contribution < -0.4 is 5.43 Å². The standard InChI is InChI=1S/C19H18Cl2FN3O3S/c20-17-3-1-2-14(18(17)21)12-23-24-19(26)13-8-10-25(11-9-13)29(27,28)16-6-4-15(22)5-7-16/h1-7,12-13H,8-11H2,(H,24,26)/b23-12-. The first-order valence-electron chi connectivity index (χ1n) is 8.81. The zero-order valence-corrected chi connectivity index (χ0v) is 17.5. The van der Waals surface area contributed by atoms with Gasteiger partial charge in [-0.25, -0.2) is 18.2 Å². The molecule has 0 bridgehead atoms. The van der Waals surface area contributed by atoms with Crippen molar-refractivity contribution in [3.8, 4) is 0 Å². The molecule has 1 amide bonds. The maximum atomic E-state index is 13.0. The van der Waals surface area contributed by atoms with Crippen LogP contribution in [0.5, 0.6) is 0 Å². The molecule has 0 spiro atoms. The molecule has 1 aliphatic rings. The molecule has 154 valence electrons. The average molecular weight is 458 g/mol. The van der Waals surface area contributed by atoms with Gasteiger partial charge in [-0.2, -0.15) is 9.41 Å². The van der Waals surface area contributed by atoms with Crippen LogP contribution in [0.25, 0.3) is 0 Å². The Morgan fingerprint density at radius 2 is 1.79 bits per heavy atom. The minimum Gasteiger partial charge on any atom is -0.273 e. The summed E-state index contributed by atoms with van der Waals surface area (Å²) in [6, 6.07) is 9.76. The third-order valence-corrected chi connectivity index (χ3v) is 7.38. The van der Waals surface area contributed by atoms with Gasteiger partial charge >= 0.3 is 0 Å². The number of hydrogen-bond donors (Lipinski definition) is 1. The largest absolute Gasteiger partial charge is 0.273 e. The van der Waals surface area contributed by atoms with Crippen molar-refractivity contribution >= 4 is 45.3 Å². The van der Waals surface area contributed by atoms with Gasteiger partial charge in [-0.1, -0.05) is 35.3 Å². The number of rotatable bonds is 5. The predicted octanol–water partition coefficient (Wildman–Crippen LogP) is 3.68. The number of hydrazone groups is 1. The number of amides is 1. The Morgan fingerprint density at radius 1 is 1.14 bits per heavy atom. The van der Waals surface area contributed by atoms with Crippen LogP contribution in [0.1, 0.15) is 18.4 Å². The van der Waals surface area contributed by atoms with E-state index in [0.717, 1.165) is 12.1 Å². The Hall–Kier alpha value is -2.00. The van der Waals surface area contributed by atoms with Crippen LogP contribution in [0.3, 0.4) is 0 Å². The quantitative estimate of drug-likeness (QED) is 0.549. The van der Waals surface area contributed by atoms with Gasteiger partial charge in [0.1, 0.15) is 5.82 Å². The number of carbonyl (C=O) groups excluding carboxylic acids is 1. The summed E-state index contributed by atoms with van der Waals surface area (Å²) in [6.45, 7) is 0.392. The summed E-state index contributed by atoms with van der Waals surface area (Å²) in [7, 11) is -3.71. The number of sulfonamides is 1. The molecule has 1 heterocycles. The number of halogens is 3. The van der Waals surface area contributed by atoms with E-state index in [1.807, 2.05) is 0 Å². The highest BCUT2D eigenvalue weighted by atomic mass is 35.5. The number of nitrogens with one attached hydrogen (secondary N) is 1. The molecule has 1 aliphatic heterocycles. The lowest BCUT2D eigenvalue weighted by atomic mass is 9.98. The number of hydrogen-bond acceptors (Lipinski definition) is 4. The highest BCUT2D eigenvalue weighted by molar-refractivity contribution is 7.89. The van der Waals surface area contributed by atoms with Crippen molar-refractivity contribution < 1.29 is 17.6 Å². The van der Waals surface area contributed by atoms with Crippen molar-refractivity contribution in [3.05, 3.63) is 63.9 Å². The molecule has 10 heteroatoms. The third-order valence-electron chi connectivity index (χ3n) is 4.64. The Morgan fingerprint density at radius 3 is 2.45 bits per heavy atom. The van der Waals surface area contributed by atoms with Crippen LogP contribution in [-0.4, -0.2) is 37.9 Å². The molecule has 2 aromatic rings. The van der Waals surface area contributed by atoms with Gasteiger partial charge in [-0.15, -0.1) is 0 Å². The van der Waals surface area contributed by atoms with E-state index in [0.29, 0.717) is 28.5 Å². The summed E-state index contributed by atoms with van der Waals surface area (Å²) in [6.07, 6.45) is 2.12. The fourth-order valence-electron chi connectivity index (χ4n) is 2.99. The molecular formula is C19H18Cl2FN3O3S. The molecule has 0 aliphatic carbocycles. The van der Waals surface area contributed by atoms with Crippen molar-refractivity contribution in [2.45, 2.75) is 17.7 Å². The fraction of sp³-hybridized carbons (Fsp3) is 0.263. The lowest BCUT2D eigenvalue weighted by Gasteiger charge is -2.30. The molecule has 1 fully saturated rings.